The summed E-state index contributed by atoms with van der Waals surface area (Å²) in [6, 6.07) is 0.270. The first-order valence-corrected chi connectivity index (χ1v) is 8.52. The average Bonchev–Trinajstić information content (AvgIpc) is 2.80. The maximum atomic E-state index is 11.9. The third kappa shape index (κ3) is 4.86. The molecule has 2 fully saturated rings. The lowest BCUT2D eigenvalue weighted by Crippen LogP contribution is -2.52. The Bertz CT molecular complexity index is 384. The lowest BCUT2D eigenvalue weighted by atomic mass is 10.1. The summed E-state index contributed by atoms with van der Waals surface area (Å²) < 4.78 is 5.72. The van der Waals surface area contributed by atoms with E-state index in [-0.39, 0.29) is 35.9 Å². The number of amides is 2. The normalized spacial score (nSPS) is 28.7. The van der Waals surface area contributed by atoms with E-state index in [2.05, 4.69) is 31.0 Å². The van der Waals surface area contributed by atoms with Gasteiger partial charge in [0.2, 0.25) is 5.91 Å². The van der Waals surface area contributed by atoms with Crippen LogP contribution in [0.2, 0.25) is 0 Å². The number of morpholine rings is 1. The van der Waals surface area contributed by atoms with Crippen molar-refractivity contribution in [1.82, 2.24) is 15.1 Å². The van der Waals surface area contributed by atoms with Gasteiger partial charge in [0.25, 0.3) is 5.24 Å². The van der Waals surface area contributed by atoms with Crippen LogP contribution in [0.15, 0.2) is 0 Å². The number of hydrogen-bond acceptors (Lipinski definition) is 5. The average molecular weight is 315 g/mol. The van der Waals surface area contributed by atoms with Crippen LogP contribution in [0.4, 0.5) is 4.79 Å². The Morgan fingerprint density at radius 2 is 2.10 bits per heavy atom. The van der Waals surface area contributed by atoms with Gasteiger partial charge in [0.05, 0.1) is 12.2 Å². The minimum Gasteiger partial charge on any atom is -0.373 e. The van der Waals surface area contributed by atoms with E-state index in [0.29, 0.717) is 13.1 Å². The van der Waals surface area contributed by atoms with Crippen LogP contribution < -0.4 is 5.32 Å². The third-order valence-corrected chi connectivity index (χ3v) is 4.74. The van der Waals surface area contributed by atoms with Crippen LogP contribution in [-0.2, 0) is 9.53 Å². The first-order chi connectivity index (χ1) is 9.95. The van der Waals surface area contributed by atoms with E-state index in [1.54, 1.807) is 4.90 Å². The van der Waals surface area contributed by atoms with Crippen molar-refractivity contribution < 1.29 is 14.3 Å². The zero-order chi connectivity index (χ0) is 15.4. The molecule has 0 aliphatic carbocycles. The maximum absolute atomic E-state index is 11.9. The van der Waals surface area contributed by atoms with Gasteiger partial charge in [-0.15, -0.1) is 0 Å². The highest BCUT2D eigenvalue weighted by atomic mass is 32.2. The summed E-state index contributed by atoms with van der Waals surface area (Å²) in [7, 11) is 0. The van der Waals surface area contributed by atoms with Gasteiger partial charge >= 0.3 is 0 Å². The fourth-order valence-corrected chi connectivity index (χ4v) is 3.59. The van der Waals surface area contributed by atoms with Crippen LogP contribution >= 0.6 is 11.8 Å². The third-order valence-electron chi connectivity index (χ3n) is 3.85. The molecule has 21 heavy (non-hydrogen) atoms. The van der Waals surface area contributed by atoms with Crippen molar-refractivity contribution in [3.05, 3.63) is 0 Å². The summed E-state index contributed by atoms with van der Waals surface area (Å²) in [4.78, 5) is 27.3. The first kappa shape index (κ1) is 16.6. The number of carbonyl (C=O) groups is 2. The Labute approximate surface area is 130 Å². The zero-order valence-corrected chi connectivity index (χ0v) is 13.8. The number of hydrogen-bond donors (Lipinski definition) is 1. The van der Waals surface area contributed by atoms with Crippen LogP contribution in [0.3, 0.4) is 0 Å². The number of rotatable bonds is 5. The van der Waals surface area contributed by atoms with Crippen molar-refractivity contribution in [2.24, 2.45) is 0 Å². The smallest absolute Gasteiger partial charge is 0.282 e. The number of nitrogens with one attached hydrogen (secondary N) is 1. The molecule has 2 heterocycles. The van der Waals surface area contributed by atoms with Gasteiger partial charge in [0, 0.05) is 38.0 Å². The van der Waals surface area contributed by atoms with Crippen molar-refractivity contribution in [2.45, 2.75) is 39.0 Å². The summed E-state index contributed by atoms with van der Waals surface area (Å²) in [5.41, 5.74) is 0. The summed E-state index contributed by atoms with van der Waals surface area (Å²) in [5, 5.41) is 2.94. The second kappa shape index (κ2) is 7.47. The highest BCUT2D eigenvalue weighted by Gasteiger charge is 2.27. The molecule has 120 valence electrons. The zero-order valence-electron chi connectivity index (χ0n) is 13.0. The Kier molecular flexibility index (Phi) is 5.89. The van der Waals surface area contributed by atoms with Crippen LogP contribution in [0.5, 0.6) is 0 Å². The Morgan fingerprint density at radius 1 is 1.43 bits per heavy atom. The van der Waals surface area contributed by atoms with Crippen molar-refractivity contribution in [3.8, 4) is 0 Å². The van der Waals surface area contributed by atoms with Crippen LogP contribution in [0, 0.1) is 0 Å². The van der Waals surface area contributed by atoms with E-state index in [4.69, 9.17) is 4.74 Å². The summed E-state index contributed by atoms with van der Waals surface area (Å²) in [5.74, 6) is 0.707. The molecule has 2 aliphatic heterocycles. The minimum atomic E-state index is -0.0768. The SMILES string of the molecule is C[C@@H]1CN([C@H](C)CNC(=O)CN2CCSC2=O)C[C@@H](C)O1. The van der Waals surface area contributed by atoms with Crippen molar-refractivity contribution in [3.63, 3.8) is 0 Å². The maximum Gasteiger partial charge on any atom is 0.282 e. The minimum absolute atomic E-state index is 0.00836. The predicted octanol–water partition coefficient (Wildman–Crippen LogP) is 0.769. The Hall–Kier alpha value is -0.790. The van der Waals surface area contributed by atoms with E-state index < -0.39 is 0 Å². The Balaban J connectivity index is 1.71. The van der Waals surface area contributed by atoms with Gasteiger partial charge in [-0.25, -0.2) is 0 Å². The van der Waals surface area contributed by atoms with Crippen molar-refractivity contribution >= 4 is 22.9 Å². The number of ether oxygens (including phenoxy) is 1. The molecule has 2 amide bonds. The molecule has 0 aromatic rings. The molecular weight excluding hydrogens is 290 g/mol. The quantitative estimate of drug-likeness (QED) is 0.812. The van der Waals surface area contributed by atoms with Gasteiger partial charge in [-0.3, -0.25) is 14.5 Å². The number of nitrogens with zero attached hydrogens (tertiary/aromatic N) is 2. The predicted molar refractivity (Wildman–Crippen MR) is 83.5 cm³/mol. The number of carbonyl (C=O) groups excluding carboxylic acids is 2. The topological polar surface area (TPSA) is 61.9 Å². The molecule has 0 aromatic heterocycles. The van der Waals surface area contributed by atoms with E-state index in [9.17, 15) is 9.59 Å². The fourth-order valence-electron chi connectivity index (χ4n) is 2.77. The molecule has 2 rings (SSSR count). The summed E-state index contributed by atoms with van der Waals surface area (Å²) in [6.45, 7) is 9.50. The molecule has 0 radical (unpaired) electrons. The highest BCUT2D eigenvalue weighted by Crippen LogP contribution is 2.16. The molecule has 0 aromatic carbocycles. The van der Waals surface area contributed by atoms with E-state index in [1.165, 1.54) is 11.8 Å². The van der Waals surface area contributed by atoms with Crippen LogP contribution in [0.25, 0.3) is 0 Å². The molecule has 6 nitrogen and oxygen atoms in total. The van der Waals surface area contributed by atoms with Gasteiger partial charge in [-0.2, -0.15) is 0 Å². The van der Waals surface area contributed by atoms with Gasteiger partial charge in [-0.05, 0) is 20.8 Å². The monoisotopic (exact) mass is 315 g/mol. The lowest BCUT2D eigenvalue weighted by Gasteiger charge is -2.39. The fraction of sp³-hybridized carbons (Fsp3) is 0.857. The van der Waals surface area contributed by atoms with Gasteiger partial charge < -0.3 is 15.0 Å². The first-order valence-electron chi connectivity index (χ1n) is 7.53. The van der Waals surface area contributed by atoms with Crippen molar-refractivity contribution in [1.29, 1.82) is 0 Å². The van der Waals surface area contributed by atoms with Crippen molar-refractivity contribution in [2.75, 3.05) is 38.5 Å². The molecule has 3 atom stereocenters. The van der Waals surface area contributed by atoms with E-state index in [1.807, 2.05) is 0 Å². The second-order valence-electron chi connectivity index (χ2n) is 5.90. The molecule has 0 unspecified atom stereocenters. The van der Waals surface area contributed by atoms with Gasteiger partial charge in [0.1, 0.15) is 6.54 Å². The largest absolute Gasteiger partial charge is 0.373 e. The van der Waals surface area contributed by atoms with E-state index in [0.717, 1.165) is 18.8 Å². The molecule has 1 N–H and O–H groups in total. The Morgan fingerprint density at radius 3 is 2.67 bits per heavy atom. The molecule has 7 heteroatoms. The van der Waals surface area contributed by atoms with E-state index >= 15 is 0 Å². The standard InChI is InChI=1S/C14H25N3O3S/c1-10(17-7-11(2)20-12(3)8-17)6-15-13(18)9-16-4-5-21-14(16)19/h10-12H,4-9H2,1-3H3,(H,15,18)/t10-,11-,12-/m1/s1. The molecule has 0 bridgehead atoms. The molecule has 0 saturated carbocycles. The molecule has 0 spiro atoms. The summed E-state index contributed by atoms with van der Waals surface area (Å²) >= 11 is 1.28. The summed E-state index contributed by atoms with van der Waals surface area (Å²) in [6.07, 6.45) is 0.456. The number of thioether (sulfide) groups is 1. The molecule has 2 aliphatic rings. The molecular formula is C14H25N3O3S. The highest BCUT2D eigenvalue weighted by molar-refractivity contribution is 8.13. The molecule has 2 saturated heterocycles. The second-order valence-corrected chi connectivity index (χ2v) is 6.95. The van der Waals surface area contributed by atoms with Crippen LogP contribution in [0.1, 0.15) is 20.8 Å². The van der Waals surface area contributed by atoms with Gasteiger partial charge in [0.15, 0.2) is 0 Å². The van der Waals surface area contributed by atoms with Gasteiger partial charge in [-0.1, -0.05) is 11.8 Å². The lowest BCUT2D eigenvalue weighted by molar-refractivity contribution is -0.122. The van der Waals surface area contributed by atoms with Crippen LogP contribution in [-0.4, -0.2) is 77.7 Å².